The Balaban J connectivity index is 2.07. The van der Waals surface area contributed by atoms with E-state index in [0.717, 1.165) is 13.1 Å². The fourth-order valence-electron chi connectivity index (χ4n) is 3.14. The van der Waals surface area contributed by atoms with Crippen LogP contribution in [0.5, 0.6) is 0 Å². The van der Waals surface area contributed by atoms with Gasteiger partial charge in [-0.15, -0.1) is 0 Å². The summed E-state index contributed by atoms with van der Waals surface area (Å²) in [6.07, 6.45) is 1.64. The topological polar surface area (TPSA) is 49.2 Å². The van der Waals surface area contributed by atoms with Crippen molar-refractivity contribution in [2.24, 2.45) is 0 Å². The zero-order valence-electron chi connectivity index (χ0n) is 17.9. The van der Waals surface area contributed by atoms with Crippen LogP contribution in [0.4, 0.5) is 5.69 Å². The fourth-order valence-corrected chi connectivity index (χ4v) is 4.86. The molecule has 0 amide bonds. The first-order valence-corrected chi connectivity index (χ1v) is 12.6. The highest BCUT2D eigenvalue weighted by molar-refractivity contribution is 9.10. The first kappa shape index (κ1) is 26.3. The lowest BCUT2D eigenvalue weighted by Crippen LogP contribution is -2.42. The highest BCUT2D eigenvalue weighted by atomic mass is 79.9. The molecule has 0 aliphatic heterocycles. The van der Waals surface area contributed by atoms with Gasteiger partial charge in [0.1, 0.15) is 20.3 Å². The Kier molecular flexibility index (Phi) is 9.08. The molecule has 0 fully saturated rings. The fraction of sp³-hybridized carbons (Fsp3) is 0.238. The number of pyridine rings is 1. The van der Waals surface area contributed by atoms with Gasteiger partial charge in [0, 0.05) is 43.0 Å². The van der Waals surface area contributed by atoms with Gasteiger partial charge in [0.05, 0.1) is 15.7 Å². The number of hydrogen-bond donors (Lipinski definition) is 1. The van der Waals surface area contributed by atoms with Gasteiger partial charge in [-0.3, -0.25) is 0 Å². The van der Waals surface area contributed by atoms with Gasteiger partial charge in [-0.1, -0.05) is 73.1 Å². The molecule has 0 aliphatic carbocycles. The smallest absolute Gasteiger partial charge is 0.172 e. The van der Waals surface area contributed by atoms with E-state index in [0.29, 0.717) is 52.4 Å². The highest BCUT2D eigenvalue weighted by Gasteiger charge is 2.24. The predicted octanol–water partition coefficient (Wildman–Crippen LogP) is 6.32. The minimum Gasteiger partial charge on any atom is -0.332 e. The van der Waals surface area contributed by atoms with Gasteiger partial charge in [0.25, 0.3) is 0 Å². The van der Waals surface area contributed by atoms with Crippen molar-refractivity contribution in [1.82, 2.24) is 25.2 Å². The summed E-state index contributed by atoms with van der Waals surface area (Å²) < 4.78 is 2.16. The molecular weight excluding hydrogens is 587 g/mol. The number of nitrogens with zero attached hydrogens (tertiary/aromatic N) is 5. The Bertz CT molecular complexity index is 1200. The summed E-state index contributed by atoms with van der Waals surface area (Å²) in [6.45, 7) is 5.61. The van der Waals surface area contributed by atoms with E-state index in [1.165, 1.54) is 0 Å². The van der Waals surface area contributed by atoms with Crippen LogP contribution in [0.1, 0.15) is 25.1 Å². The zero-order chi connectivity index (χ0) is 24.3. The maximum Gasteiger partial charge on any atom is 0.172 e. The minimum atomic E-state index is 0.409. The Labute approximate surface area is 226 Å². The molecule has 0 saturated heterocycles. The van der Waals surface area contributed by atoms with Crippen LogP contribution in [0.2, 0.25) is 15.1 Å². The van der Waals surface area contributed by atoms with Crippen molar-refractivity contribution < 1.29 is 0 Å². The Hall–Kier alpha value is -1.33. The van der Waals surface area contributed by atoms with Gasteiger partial charge in [-0.2, -0.15) is 5.10 Å². The summed E-state index contributed by atoms with van der Waals surface area (Å²) in [5, 5.41) is 7.76. The number of benzene rings is 1. The molecule has 0 spiro atoms. The maximum atomic E-state index is 6.64. The van der Waals surface area contributed by atoms with Crippen molar-refractivity contribution in [1.29, 1.82) is 0 Å². The molecule has 1 aromatic carbocycles. The molecule has 0 aliphatic rings. The number of rotatable bonds is 7. The first-order chi connectivity index (χ1) is 15.7. The average Bonchev–Trinajstić information content (AvgIpc) is 3.17. The Morgan fingerprint density at radius 3 is 2.45 bits per heavy atom. The van der Waals surface area contributed by atoms with Crippen molar-refractivity contribution in [2.75, 3.05) is 25.0 Å². The van der Waals surface area contributed by atoms with Crippen molar-refractivity contribution in [3.63, 3.8) is 0 Å². The number of halogens is 4. The Morgan fingerprint density at radius 1 is 1.12 bits per heavy atom. The van der Waals surface area contributed by atoms with Gasteiger partial charge >= 0.3 is 0 Å². The van der Waals surface area contributed by atoms with E-state index in [9.17, 15) is 0 Å². The van der Waals surface area contributed by atoms with Crippen LogP contribution in [-0.4, -0.2) is 49.9 Å². The zero-order valence-corrected chi connectivity index (χ0v) is 23.4. The third-order valence-corrected chi connectivity index (χ3v) is 6.76. The molecule has 0 unspecified atom stereocenters. The molecular formula is C21H20BrCl3N6S2. The number of nitrogens with one attached hydrogen (secondary N) is 1. The van der Waals surface area contributed by atoms with E-state index in [-0.39, 0.29) is 0 Å². The normalized spacial score (nSPS) is 11.0. The summed E-state index contributed by atoms with van der Waals surface area (Å²) in [4.78, 5) is 7.05. The van der Waals surface area contributed by atoms with E-state index in [4.69, 9.17) is 59.2 Å². The highest BCUT2D eigenvalue weighted by Crippen LogP contribution is 2.35. The summed E-state index contributed by atoms with van der Waals surface area (Å²) in [6, 6.07) is 8.70. The molecule has 1 N–H and O–H groups in total. The third-order valence-electron chi connectivity index (χ3n) is 4.77. The van der Waals surface area contributed by atoms with Crippen LogP contribution >= 0.6 is 75.2 Å². The molecule has 6 nitrogen and oxygen atoms in total. The maximum absolute atomic E-state index is 6.64. The number of thiocarbonyl (C=S) groups is 2. The van der Waals surface area contributed by atoms with E-state index in [1.807, 2.05) is 25.9 Å². The molecule has 2 heterocycles. The monoisotopic (exact) mass is 604 g/mol. The summed E-state index contributed by atoms with van der Waals surface area (Å²) in [5.41, 5.74) is 5.10. The van der Waals surface area contributed by atoms with Crippen molar-refractivity contribution in [3.8, 4) is 5.82 Å². The summed E-state index contributed by atoms with van der Waals surface area (Å²) >= 11 is 34.3. The molecule has 0 radical (unpaired) electrons. The van der Waals surface area contributed by atoms with Gasteiger partial charge < -0.3 is 10.3 Å². The number of hydrazine groups is 1. The molecule has 0 atom stereocenters. The van der Waals surface area contributed by atoms with Crippen molar-refractivity contribution in [3.05, 3.63) is 67.5 Å². The summed E-state index contributed by atoms with van der Waals surface area (Å²) in [5.74, 6) is 0.455. The molecule has 2 aromatic heterocycles. The minimum absolute atomic E-state index is 0.409. The molecule has 3 rings (SSSR count). The summed E-state index contributed by atoms with van der Waals surface area (Å²) in [7, 11) is 1.81. The second kappa shape index (κ2) is 11.4. The van der Waals surface area contributed by atoms with E-state index < -0.39 is 0 Å². The van der Waals surface area contributed by atoms with Gasteiger partial charge in [0.2, 0.25) is 0 Å². The van der Waals surface area contributed by atoms with Gasteiger partial charge in [-0.25, -0.2) is 14.7 Å². The van der Waals surface area contributed by atoms with Gasteiger partial charge in [0.15, 0.2) is 5.82 Å². The van der Waals surface area contributed by atoms with E-state index in [1.54, 1.807) is 46.1 Å². The van der Waals surface area contributed by atoms with E-state index in [2.05, 4.69) is 31.4 Å². The second-order valence-electron chi connectivity index (χ2n) is 6.83. The van der Waals surface area contributed by atoms with Gasteiger partial charge in [-0.05, 0) is 40.2 Å². The third kappa shape index (κ3) is 5.85. The predicted molar refractivity (Wildman–Crippen MR) is 148 cm³/mol. The molecule has 0 bridgehead atoms. The lowest BCUT2D eigenvalue weighted by molar-refractivity contribution is 0.265. The van der Waals surface area contributed by atoms with Crippen molar-refractivity contribution in [2.45, 2.75) is 13.8 Å². The van der Waals surface area contributed by atoms with Crippen LogP contribution in [0.3, 0.4) is 0 Å². The van der Waals surface area contributed by atoms with Crippen LogP contribution < -0.4 is 10.3 Å². The number of hydrogen-bond acceptors (Lipinski definition) is 5. The van der Waals surface area contributed by atoms with Crippen LogP contribution in [0, 0.1) is 0 Å². The largest absolute Gasteiger partial charge is 0.332 e. The quantitative estimate of drug-likeness (QED) is 0.249. The standard InChI is InChI=1S/C21H20BrCl3N6S2/c1-4-30(5-2)28-20(32)13-9-12(23)10-15(25)18(13)29(3)21(33)16-11-17(22)27-31(16)19-14(24)7-6-8-26-19/h6-11H,4-5H2,1-3H3,(H,28,32). The van der Waals surface area contributed by atoms with Crippen LogP contribution in [0.15, 0.2) is 41.1 Å². The molecule has 0 saturated carbocycles. The van der Waals surface area contributed by atoms with Crippen LogP contribution in [-0.2, 0) is 0 Å². The first-order valence-electron chi connectivity index (χ1n) is 9.87. The number of aromatic nitrogens is 3. The molecule has 174 valence electrons. The average molecular weight is 607 g/mol. The SMILES string of the molecule is CCN(CC)NC(=S)c1cc(Cl)cc(Cl)c1N(C)C(=S)c1cc(Br)nn1-c1ncccc1Cl. The molecule has 12 heteroatoms. The lowest BCUT2D eigenvalue weighted by atomic mass is 10.1. The number of anilines is 1. The van der Waals surface area contributed by atoms with Crippen molar-refractivity contribution >= 4 is 90.8 Å². The lowest BCUT2D eigenvalue weighted by Gasteiger charge is -2.27. The molecule has 3 aromatic rings. The molecule has 33 heavy (non-hydrogen) atoms. The second-order valence-corrected chi connectivity index (χ2v) is 9.69. The Morgan fingerprint density at radius 2 is 1.82 bits per heavy atom. The van der Waals surface area contributed by atoms with Crippen LogP contribution in [0.25, 0.3) is 5.82 Å². The van der Waals surface area contributed by atoms with E-state index >= 15 is 0 Å².